The van der Waals surface area contributed by atoms with E-state index in [2.05, 4.69) is 0 Å². The van der Waals surface area contributed by atoms with Crippen molar-refractivity contribution in [2.45, 2.75) is 12.3 Å². The van der Waals surface area contributed by atoms with Gasteiger partial charge >= 0.3 is 5.97 Å². The second-order valence-corrected chi connectivity index (χ2v) is 4.24. The Balaban J connectivity index is 2.29. The van der Waals surface area contributed by atoms with Crippen molar-refractivity contribution in [3.63, 3.8) is 0 Å². The first kappa shape index (κ1) is 13.2. The number of carboxylic acid groups (broad SMARTS) is 1. The fraction of sp³-hybridized carbons (Fsp3) is 0.133. The van der Waals surface area contributed by atoms with Gasteiger partial charge in [-0.3, -0.25) is 4.79 Å². The molecule has 0 amide bonds. The summed E-state index contributed by atoms with van der Waals surface area (Å²) in [6.45, 7) is 0. The zero-order valence-corrected chi connectivity index (χ0v) is 10.0. The van der Waals surface area contributed by atoms with E-state index in [9.17, 15) is 18.7 Å². The van der Waals surface area contributed by atoms with Crippen LogP contribution in [0.1, 0.15) is 17.0 Å². The third-order valence-corrected chi connectivity index (χ3v) is 2.93. The van der Waals surface area contributed by atoms with Gasteiger partial charge in [-0.25, -0.2) is 8.78 Å². The van der Waals surface area contributed by atoms with Crippen LogP contribution in [0.4, 0.5) is 8.78 Å². The topological polar surface area (TPSA) is 37.3 Å². The standard InChI is InChI=1S/C15H12F2O2/c16-11-7-5-10(6-8-11)9-13(15(18)19)12-3-1-2-4-14(12)17/h1-8,13H,9H2,(H,18,19). The van der Waals surface area contributed by atoms with Crippen LogP contribution < -0.4 is 0 Å². The number of rotatable bonds is 4. The molecule has 0 saturated carbocycles. The number of carboxylic acids is 1. The summed E-state index contributed by atoms with van der Waals surface area (Å²) in [6.07, 6.45) is 0.122. The van der Waals surface area contributed by atoms with Crippen LogP contribution in [0, 0.1) is 11.6 Å². The van der Waals surface area contributed by atoms with Gasteiger partial charge in [0.1, 0.15) is 11.6 Å². The molecule has 1 atom stereocenters. The quantitative estimate of drug-likeness (QED) is 0.917. The molecule has 1 unspecified atom stereocenters. The van der Waals surface area contributed by atoms with Gasteiger partial charge in [0, 0.05) is 5.56 Å². The number of halogens is 2. The Morgan fingerprint density at radius 1 is 1.05 bits per heavy atom. The Bertz CT molecular complexity index is 579. The number of benzene rings is 2. The second-order valence-electron chi connectivity index (χ2n) is 4.24. The Morgan fingerprint density at radius 2 is 1.68 bits per heavy atom. The smallest absolute Gasteiger partial charge is 0.311 e. The van der Waals surface area contributed by atoms with Crippen LogP contribution in [-0.4, -0.2) is 11.1 Å². The molecule has 0 aliphatic rings. The molecule has 0 saturated heterocycles. The lowest BCUT2D eigenvalue weighted by atomic mass is 9.92. The van der Waals surface area contributed by atoms with Crippen LogP contribution in [0.25, 0.3) is 0 Å². The molecule has 2 aromatic rings. The number of hydrogen-bond donors (Lipinski definition) is 1. The molecule has 0 aliphatic heterocycles. The molecule has 19 heavy (non-hydrogen) atoms. The van der Waals surface area contributed by atoms with Crippen LogP contribution in [0.3, 0.4) is 0 Å². The van der Waals surface area contributed by atoms with Gasteiger partial charge in [-0.05, 0) is 30.2 Å². The zero-order valence-electron chi connectivity index (χ0n) is 10.0. The minimum absolute atomic E-state index is 0.122. The Hall–Kier alpha value is -2.23. The molecule has 0 aromatic heterocycles. The van der Waals surface area contributed by atoms with Crippen molar-refractivity contribution in [2.75, 3.05) is 0 Å². The predicted molar refractivity (Wildman–Crippen MR) is 66.9 cm³/mol. The summed E-state index contributed by atoms with van der Waals surface area (Å²) < 4.78 is 26.4. The third kappa shape index (κ3) is 3.16. The van der Waals surface area contributed by atoms with Crippen molar-refractivity contribution in [1.29, 1.82) is 0 Å². The number of carbonyl (C=O) groups is 1. The van der Waals surface area contributed by atoms with E-state index < -0.39 is 17.7 Å². The molecule has 1 N–H and O–H groups in total. The lowest BCUT2D eigenvalue weighted by Gasteiger charge is -2.13. The molecular formula is C15H12F2O2. The maximum absolute atomic E-state index is 13.6. The highest BCUT2D eigenvalue weighted by atomic mass is 19.1. The van der Waals surface area contributed by atoms with Gasteiger partial charge in [0.25, 0.3) is 0 Å². The van der Waals surface area contributed by atoms with Crippen LogP contribution in [-0.2, 0) is 11.2 Å². The van der Waals surface area contributed by atoms with E-state index in [1.165, 1.54) is 42.5 Å². The van der Waals surface area contributed by atoms with Gasteiger partial charge < -0.3 is 5.11 Å². The van der Waals surface area contributed by atoms with E-state index >= 15 is 0 Å². The van der Waals surface area contributed by atoms with E-state index in [1.54, 1.807) is 6.07 Å². The lowest BCUT2D eigenvalue weighted by Crippen LogP contribution is -2.15. The molecule has 0 fully saturated rings. The largest absolute Gasteiger partial charge is 0.481 e. The number of aliphatic carboxylic acids is 1. The van der Waals surface area contributed by atoms with Gasteiger partial charge in [0.05, 0.1) is 5.92 Å². The van der Waals surface area contributed by atoms with Crippen molar-refractivity contribution in [3.05, 3.63) is 71.3 Å². The maximum atomic E-state index is 13.6. The summed E-state index contributed by atoms with van der Waals surface area (Å²) in [5.41, 5.74) is 0.788. The van der Waals surface area contributed by atoms with Gasteiger partial charge in [-0.1, -0.05) is 30.3 Å². The Kier molecular flexibility index (Phi) is 3.90. The summed E-state index contributed by atoms with van der Waals surface area (Å²) in [5, 5.41) is 9.23. The fourth-order valence-electron chi connectivity index (χ4n) is 1.94. The molecule has 2 rings (SSSR count). The SMILES string of the molecule is O=C(O)C(Cc1ccc(F)cc1)c1ccccc1F. The highest BCUT2D eigenvalue weighted by Gasteiger charge is 2.23. The predicted octanol–water partition coefficient (Wildman–Crippen LogP) is 3.38. The first-order valence-corrected chi connectivity index (χ1v) is 5.79. The molecule has 0 bridgehead atoms. The van der Waals surface area contributed by atoms with Gasteiger partial charge in [-0.2, -0.15) is 0 Å². The average molecular weight is 262 g/mol. The highest BCUT2D eigenvalue weighted by Crippen LogP contribution is 2.24. The first-order chi connectivity index (χ1) is 9.08. The zero-order chi connectivity index (χ0) is 13.8. The first-order valence-electron chi connectivity index (χ1n) is 5.79. The highest BCUT2D eigenvalue weighted by molar-refractivity contribution is 5.76. The molecule has 2 aromatic carbocycles. The van der Waals surface area contributed by atoms with Gasteiger partial charge in [0.2, 0.25) is 0 Å². The Labute approximate surface area is 109 Å². The minimum atomic E-state index is -1.10. The van der Waals surface area contributed by atoms with Crippen LogP contribution in [0.2, 0.25) is 0 Å². The van der Waals surface area contributed by atoms with E-state index in [1.807, 2.05) is 0 Å². The molecule has 0 spiro atoms. The maximum Gasteiger partial charge on any atom is 0.311 e. The van der Waals surface area contributed by atoms with E-state index in [-0.39, 0.29) is 17.8 Å². The monoisotopic (exact) mass is 262 g/mol. The summed E-state index contributed by atoms with van der Waals surface area (Å²) in [5.74, 6) is -3.01. The van der Waals surface area contributed by atoms with Crippen LogP contribution in [0.5, 0.6) is 0 Å². The van der Waals surface area contributed by atoms with Crippen LogP contribution in [0.15, 0.2) is 48.5 Å². The molecular weight excluding hydrogens is 250 g/mol. The Morgan fingerprint density at radius 3 is 2.26 bits per heavy atom. The molecule has 0 aliphatic carbocycles. The summed E-state index contributed by atoms with van der Waals surface area (Å²) in [6, 6.07) is 11.3. The molecule has 4 heteroatoms. The van der Waals surface area contributed by atoms with Crippen molar-refractivity contribution in [2.24, 2.45) is 0 Å². The van der Waals surface area contributed by atoms with Crippen molar-refractivity contribution < 1.29 is 18.7 Å². The normalized spacial score (nSPS) is 12.1. The number of hydrogen-bond acceptors (Lipinski definition) is 1. The molecule has 98 valence electrons. The van der Waals surface area contributed by atoms with E-state index in [0.29, 0.717) is 5.56 Å². The molecule has 0 radical (unpaired) electrons. The molecule has 2 nitrogen and oxygen atoms in total. The summed E-state index contributed by atoms with van der Waals surface area (Å²) in [4.78, 5) is 11.3. The van der Waals surface area contributed by atoms with Gasteiger partial charge in [0.15, 0.2) is 0 Å². The fourth-order valence-corrected chi connectivity index (χ4v) is 1.94. The lowest BCUT2D eigenvalue weighted by molar-refractivity contribution is -0.138. The van der Waals surface area contributed by atoms with Crippen molar-refractivity contribution >= 4 is 5.97 Å². The van der Waals surface area contributed by atoms with Gasteiger partial charge in [-0.15, -0.1) is 0 Å². The average Bonchev–Trinajstić information content (AvgIpc) is 2.39. The van der Waals surface area contributed by atoms with E-state index in [4.69, 9.17) is 0 Å². The van der Waals surface area contributed by atoms with Crippen LogP contribution >= 0.6 is 0 Å². The summed E-state index contributed by atoms with van der Waals surface area (Å²) in [7, 11) is 0. The molecule has 0 heterocycles. The second kappa shape index (κ2) is 5.61. The van der Waals surface area contributed by atoms with E-state index in [0.717, 1.165) is 0 Å². The van der Waals surface area contributed by atoms with Crippen molar-refractivity contribution in [3.8, 4) is 0 Å². The van der Waals surface area contributed by atoms with Crippen molar-refractivity contribution in [1.82, 2.24) is 0 Å². The minimum Gasteiger partial charge on any atom is -0.481 e. The summed E-state index contributed by atoms with van der Waals surface area (Å²) >= 11 is 0. The third-order valence-electron chi connectivity index (χ3n) is 2.93.